The highest BCUT2D eigenvalue weighted by Gasteiger charge is 1.94. The average molecular weight is 268 g/mol. The third kappa shape index (κ3) is 7.60. The summed E-state index contributed by atoms with van der Waals surface area (Å²) in [4.78, 5) is 0. The summed E-state index contributed by atoms with van der Waals surface area (Å²) in [7, 11) is 0. The van der Waals surface area contributed by atoms with Crippen molar-refractivity contribution in [3.05, 3.63) is 29.3 Å². The fraction of sp³-hybridized carbons (Fsp3) is 0.625. The molecule has 1 aromatic carbocycles. The summed E-state index contributed by atoms with van der Waals surface area (Å²) in [6.45, 7) is 3.32. The van der Waals surface area contributed by atoms with Crippen LogP contribution in [0, 0.1) is 0 Å². The van der Waals surface area contributed by atoms with Crippen molar-refractivity contribution in [3.63, 3.8) is 0 Å². The largest absolute Gasteiger partial charge is 0.385 e. The second-order valence-corrected chi connectivity index (χ2v) is 5.35. The maximum absolute atomic E-state index is 5.93. The van der Waals surface area contributed by atoms with Crippen LogP contribution in [0.3, 0.4) is 0 Å². The highest BCUT2D eigenvalue weighted by molar-refractivity contribution is 6.30. The third-order valence-electron chi connectivity index (χ3n) is 3.18. The van der Waals surface area contributed by atoms with Crippen LogP contribution in [0.4, 0.5) is 5.69 Å². The molecule has 0 radical (unpaired) electrons. The van der Waals surface area contributed by atoms with Gasteiger partial charge in [0.1, 0.15) is 0 Å². The molecule has 0 atom stereocenters. The van der Waals surface area contributed by atoms with Crippen LogP contribution in [0.1, 0.15) is 58.3 Å². The normalized spacial score (nSPS) is 10.6. The molecule has 0 spiro atoms. The molecule has 18 heavy (non-hydrogen) atoms. The maximum atomic E-state index is 5.93. The number of halogens is 1. The monoisotopic (exact) mass is 267 g/mol. The van der Waals surface area contributed by atoms with E-state index < -0.39 is 0 Å². The second-order valence-electron chi connectivity index (χ2n) is 4.91. The van der Waals surface area contributed by atoms with E-state index in [1.54, 1.807) is 0 Å². The van der Waals surface area contributed by atoms with Gasteiger partial charge >= 0.3 is 0 Å². The van der Waals surface area contributed by atoms with E-state index in [1.165, 1.54) is 51.4 Å². The van der Waals surface area contributed by atoms with Gasteiger partial charge in [-0.2, -0.15) is 0 Å². The van der Waals surface area contributed by atoms with Crippen molar-refractivity contribution in [2.75, 3.05) is 11.9 Å². The Labute approximate surface area is 117 Å². The van der Waals surface area contributed by atoms with Gasteiger partial charge in [0.25, 0.3) is 0 Å². The summed E-state index contributed by atoms with van der Waals surface area (Å²) in [5.41, 5.74) is 1.13. The van der Waals surface area contributed by atoms with Crippen LogP contribution in [0.15, 0.2) is 24.3 Å². The van der Waals surface area contributed by atoms with Crippen molar-refractivity contribution in [1.82, 2.24) is 0 Å². The molecule has 0 aromatic heterocycles. The van der Waals surface area contributed by atoms with Crippen molar-refractivity contribution < 1.29 is 0 Å². The van der Waals surface area contributed by atoms with E-state index in [0.29, 0.717) is 0 Å². The van der Waals surface area contributed by atoms with Crippen LogP contribution >= 0.6 is 11.6 Å². The summed E-state index contributed by atoms with van der Waals surface area (Å²) >= 11 is 5.93. The first-order chi connectivity index (χ1) is 8.83. The van der Waals surface area contributed by atoms with Crippen LogP contribution in [-0.2, 0) is 0 Å². The molecule has 0 saturated heterocycles. The van der Waals surface area contributed by atoms with Gasteiger partial charge in [0.2, 0.25) is 0 Å². The quantitative estimate of drug-likeness (QED) is 0.521. The Kier molecular flexibility index (Phi) is 8.75. The van der Waals surface area contributed by atoms with Gasteiger partial charge in [-0.25, -0.2) is 0 Å². The van der Waals surface area contributed by atoms with Gasteiger partial charge in [0.15, 0.2) is 0 Å². The van der Waals surface area contributed by atoms with E-state index in [2.05, 4.69) is 18.3 Å². The summed E-state index contributed by atoms with van der Waals surface area (Å²) in [6.07, 6.45) is 10.9. The molecule has 1 nitrogen and oxygen atoms in total. The number of anilines is 1. The highest BCUT2D eigenvalue weighted by Crippen LogP contribution is 2.15. The van der Waals surface area contributed by atoms with Gasteiger partial charge in [-0.3, -0.25) is 0 Å². The van der Waals surface area contributed by atoms with Gasteiger partial charge < -0.3 is 5.32 Å². The second kappa shape index (κ2) is 10.3. The third-order valence-corrected chi connectivity index (χ3v) is 3.42. The molecule has 1 aromatic rings. The minimum atomic E-state index is 0.802. The molecular formula is C16H26ClN. The summed E-state index contributed by atoms with van der Waals surface area (Å²) in [5, 5.41) is 4.21. The molecular weight excluding hydrogens is 242 g/mol. The first-order valence-electron chi connectivity index (χ1n) is 7.32. The van der Waals surface area contributed by atoms with Gasteiger partial charge in [-0.1, -0.05) is 69.5 Å². The summed E-state index contributed by atoms with van der Waals surface area (Å²) in [5.74, 6) is 0. The van der Waals surface area contributed by atoms with Gasteiger partial charge in [0.05, 0.1) is 0 Å². The van der Waals surface area contributed by atoms with Crippen molar-refractivity contribution >= 4 is 17.3 Å². The zero-order valence-corrected chi connectivity index (χ0v) is 12.3. The molecule has 1 rings (SSSR count). The number of hydrogen-bond acceptors (Lipinski definition) is 1. The van der Waals surface area contributed by atoms with E-state index >= 15 is 0 Å². The minimum absolute atomic E-state index is 0.802. The van der Waals surface area contributed by atoms with Crippen LogP contribution in [0.2, 0.25) is 5.02 Å². The van der Waals surface area contributed by atoms with Gasteiger partial charge in [-0.05, 0) is 24.6 Å². The maximum Gasteiger partial charge on any atom is 0.0426 e. The number of benzene rings is 1. The van der Waals surface area contributed by atoms with Crippen LogP contribution < -0.4 is 5.32 Å². The zero-order valence-electron chi connectivity index (χ0n) is 11.6. The molecule has 0 fully saturated rings. The summed E-state index contributed by atoms with van der Waals surface area (Å²) in [6, 6.07) is 7.93. The number of hydrogen-bond donors (Lipinski definition) is 1. The number of nitrogens with one attached hydrogen (secondary N) is 1. The van der Waals surface area contributed by atoms with E-state index in [0.717, 1.165) is 17.3 Å². The van der Waals surface area contributed by atoms with E-state index in [4.69, 9.17) is 11.6 Å². The first-order valence-corrected chi connectivity index (χ1v) is 7.70. The molecule has 0 aliphatic rings. The van der Waals surface area contributed by atoms with Crippen molar-refractivity contribution in [3.8, 4) is 0 Å². The molecule has 102 valence electrons. The minimum Gasteiger partial charge on any atom is -0.385 e. The van der Waals surface area contributed by atoms with E-state index in [1.807, 2.05) is 18.2 Å². The Morgan fingerprint density at radius 3 is 2.28 bits per heavy atom. The topological polar surface area (TPSA) is 12.0 Å². The first kappa shape index (κ1) is 15.4. The predicted octanol–water partition coefficient (Wildman–Crippen LogP) is 5.89. The fourth-order valence-electron chi connectivity index (χ4n) is 2.09. The molecule has 1 N–H and O–H groups in total. The van der Waals surface area contributed by atoms with Gasteiger partial charge in [-0.15, -0.1) is 0 Å². The molecule has 0 amide bonds. The Morgan fingerprint density at radius 2 is 1.61 bits per heavy atom. The molecule has 0 aliphatic heterocycles. The zero-order chi connectivity index (χ0) is 13.1. The highest BCUT2D eigenvalue weighted by atomic mass is 35.5. The van der Waals surface area contributed by atoms with E-state index in [-0.39, 0.29) is 0 Å². The van der Waals surface area contributed by atoms with Crippen molar-refractivity contribution in [2.24, 2.45) is 0 Å². The Bertz CT molecular complexity index is 312. The van der Waals surface area contributed by atoms with Crippen LogP contribution in [0.5, 0.6) is 0 Å². The Morgan fingerprint density at radius 1 is 0.944 bits per heavy atom. The predicted molar refractivity (Wildman–Crippen MR) is 82.6 cm³/mol. The lowest BCUT2D eigenvalue weighted by Gasteiger charge is -2.06. The lowest BCUT2D eigenvalue weighted by molar-refractivity contribution is 0.581. The molecule has 0 heterocycles. The Balaban J connectivity index is 1.92. The number of rotatable bonds is 10. The Hall–Kier alpha value is -0.690. The molecule has 0 saturated carbocycles. The molecule has 0 unspecified atom stereocenters. The summed E-state index contributed by atoms with van der Waals surface area (Å²) < 4.78 is 0. The van der Waals surface area contributed by atoms with Crippen molar-refractivity contribution in [2.45, 2.75) is 58.3 Å². The van der Waals surface area contributed by atoms with Gasteiger partial charge in [0, 0.05) is 17.3 Å². The van der Waals surface area contributed by atoms with E-state index in [9.17, 15) is 0 Å². The standard InChI is InChI=1S/C16H26ClN/c1-2-3-4-5-6-7-8-9-13-18-16-12-10-11-15(17)14-16/h10-12,14,18H,2-9,13H2,1H3. The van der Waals surface area contributed by atoms with Crippen molar-refractivity contribution in [1.29, 1.82) is 0 Å². The SMILES string of the molecule is CCCCCCCCCCNc1cccc(Cl)c1. The smallest absolute Gasteiger partial charge is 0.0426 e. The average Bonchev–Trinajstić information content (AvgIpc) is 2.37. The molecule has 0 bridgehead atoms. The molecule has 2 heteroatoms. The molecule has 0 aliphatic carbocycles. The fourth-order valence-corrected chi connectivity index (χ4v) is 2.28. The van der Waals surface area contributed by atoms with Crippen LogP contribution in [-0.4, -0.2) is 6.54 Å². The van der Waals surface area contributed by atoms with Crippen LogP contribution in [0.25, 0.3) is 0 Å². The lowest BCUT2D eigenvalue weighted by Crippen LogP contribution is -2.01. The lowest BCUT2D eigenvalue weighted by atomic mass is 10.1. The number of unbranched alkanes of at least 4 members (excludes halogenated alkanes) is 7.